The van der Waals surface area contributed by atoms with Crippen molar-refractivity contribution in [1.29, 1.82) is 0 Å². The lowest BCUT2D eigenvalue weighted by molar-refractivity contribution is -0.130. The van der Waals surface area contributed by atoms with Crippen molar-refractivity contribution in [2.45, 2.75) is 0 Å². The van der Waals surface area contributed by atoms with Crippen molar-refractivity contribution in [3.05, 3.63) is 102 Å². The Kier molecular flexibility index (Phi) is 5.24. The first-order valence-corrected chi connectivity index (χ1v) is 10.3. The van der Waals surface area contributed by atoms with E-state index in [4.69, 9.17) is 9.47 Å². The fourth-order valence-corrected chi connectivity index (χ4v) is 3.86. The van der Waals surface area contributed by atoms with Crippen LogP contribution in [0.25, 0.3) is 22.4 Å². The number of anilines is 1. The minimum absolute atomic E-state index is 0.00228. The SMILES string of the molecule is O=C(O)/C(=C\c1ccc2c(c1)OCO2)c1ccccc1C(=O)Nc1cccc2ccccc12. The molecule has 1 amide bonds. The van der Waals surface area contributed by atoms with Crippen LogP contribution in [0.1, 0.15) is 21.5 Å². The highest BCUT2D eigenvalue weighted by Crippen LogP contribution is 2.34. The quantitative estimate of drug-likeness (QED) is 0.321. The van der Waals surface area contributed by atoms with Gasteiger partial charge < -0.3 is 19.9 Å². The lowest BCUT2D eigenvalue weighted by Crippen LogP contribution is -2.15. The summed E-state index contributed by atoms with van der Waals surface area (Å²) >= 11 is 0. The third-order valence-corrected chi connectivity index (χ3v) is 5.44. The first-order valence-electron chi connectivity index (χ1n) is 10.3. The number of aliphatic carboxylic acids is 1. The van der Waals surface area contributed by atoms with E-state index in [1.54, 1.807) is 42.5 Å². The molecule has 0 radical (unpaired) electrons. The molecule has 0 bridgehead atoms. The van der Waals surface area contributed by atoms with Crippen molar-refractivity contribution in [1.82, 2.24) is 0 Å². The highest BCUT2D eigenvalue weighted by molar-refractivity contribution is 6.24. The molecule has 4 aromatic carbocycles. The summed E-state index contributed by atoms with van der Waals surface area (Å²) in [6.07, 6.45) is 1.52. The molecule has 1 aliphatic rings. The molecular formula is C27H19NO5. The number of carboxylic acids is 1. The second kappa shape index (κ2) is 8.51. The van der Waals surface area contributed by atoms with Crippen molar-refractivity contribution in [3.63, 3.8) is 0 Å². The molecule has 4 aromatic rings. The van der Waals surface area contributed by atoms with Crippen LogP contribution in [0.2, 0.25) is 0 Å². The van der Waals surface area contributed by atoms with Crippen LogP contribution in [0.5, 0.6) is 11.5 Å². The van der Waals surface area contributed by atoms with E-state index < -0.39 is 5.97 Å². The Morgan fingerprint density at radius 1 is 0.818 bits per heavy atom. The number of hydrogen-bond acceptors (Lipinski definition) is 4. The summed E-state index contributed by atoms with van der Waals surface area (Å²) in [6, 6.07) is 25.2. The van der Waals surface area contributed by atoms with Gasteiger partial charge in [-0.15, -0.1) is 0 Å². The molecule has 0 aliphatic carbocycles. The molecule has 2 N–H and O–H groups in total. The lowest BCUT2D eigenvalue weighted by atomic mass is 9.96. The van der Waals surface area contributed by atoms with Crippen molar-refractivity contribution in [2.75, 3.05) is 12.1 Å². The first-order chi connectivity index (χ1) is 16.1. The highest BCUT2D eigenvalue weighted by Gasteiger charge is 2.20. The maximum absolute atomic E-state index is 13.2. The Hall–Kier alpha value is -4.58. The molecule has 0 atom stereocenters. The van der Waals surface area contributed by atoms with E-state index in [1.165, 1.54) is 6.08 Å². The number of ether oxygens (including phenoxy) is 2. The number of nitrogens with one attached hydrogen (secondary N) is 1. The smallest absolute Gasteiger partial charge is 0.336 e. The molecule has 5 rings (SSSR count). The van der Waals surface area contributed by atoms with Crippen LogP contribution >= 0.6 is 0 Å². The number of fused-ring (bicyclic) bond motifs is 2. The summed E-state index contributed by atoms with van der Waals surface area (Å²) in [5.41, 5.74) is 1.86. The molecular weight excluding hydrogens is 418 g/mol. The molecule has 0 saturated carbocycles. The van der Waals surface area contributed by atoms with Gasteiger partial charge in [0, 0.05) is 22.2 Å². The highest BCUT2D eigenvalue weighted by atomic mass is 16.7. The van der Waals surface area contributed by atoms with E-state index >= 15 is 0 Å². The molecule has 0 aromatic heterocycles. The van der Waals surface area contributed by atoms with Gasteiger partial charge >= 0.3 is 5.97 Å². The average Bonchev–Trinajstić information content (AvgIpc) is 3.30. The summed E-state index contributed by atoms with van der Waals surface area (Å²) in [5, 5.41) is 14.8. The van der Waals surface area contributed by atoms with Gasteiger partial charge in [0.15, 0.2) is 11.5 Å². The van der Waals surface area contributed by atoms with Crippen LogP contribution in [-0.4, -0.2) is 23.8 Å². The third-order valence-electron chi connectivity index (χ3n) is 5.44. The first kappa shape index (κ1) is 20.3. The maximum Gasteiger partial charge on any atom is 0.336 e. The van der Waals surface area contributed by atoms with Gasteiger partial charge in [-0.1, -0.05) is 60.7 Å². The number of carbonyl (C=O) groups is 2. The Morgan fingerprint density at radius 2 is 1.55 bits per heavy atom. The Balaban J connectivity index is 1.53. The Bertz CT molecular complexity index is 1420. The molecule has 33 heavy (non-hydrogen) atoms. The second-order valence-electron chi connectivity index (χ2n) is 7.50. The number of rotatable bonds is 5. The van der Waals surface area contributed by atoms with Crippen LogP contribution in [0, 0.1) is 0 Å². The average molecular weight is 437 g/mol. The standard InChI is InChI=1S/C27H19NO5/c29-26(28-23-11-5-7-18-6-1-2-8-19(18)23)21-10-4-3-9-20(21)22(27(30)31)14-17-12-13-24-25(15-17)33-16-32-24/h1-15H,16H2,(H,28,29)(H,30,31)/b22-14-. The van der Waals surface area contributed by atoms with E-state index in [0.29, 0.717) is 28.3 Å². The van der Waals surface area contributed by atoms with Crippen molar-refractivity contribution in [2.24, 2.45) is 0 Å². The third kappa shape index (κ3) is 4.02. The van der Waals surface area contributed by atoms with Crippen LogP contribution < -0.4 is 14.8 Å². The molecule has 0 spiro atoms. The van der Waals surface area contributed by atoms with Crippen LogP contribution in [-0.2, 0) is 4.79 Å². The van der Waals surface area contributed by atoms with E-state index in [1.807, 2.05) is 42.5 Å². The number of carboxylic acid groups (broad SMARTS) is 1. The summed E-state index contributed by atoms with van der Waals surface area (Å²) in [6.45, 7) is 0.130. The van der Waals surface area contributed by atoms with Crippen LogP contribution in [0.15, 0.2) is 84.9 Å². The molecule has 6 nitrogen and oxygen atoms in total. The van der Waals surface area contributed by atoms with E-state index in [-0.39, 0.29) is 23.8 Å². The maximum atomic E-state index is 13.2. The normalized spacial score (nSPS) is 12.5. The number of carbonyl (C=O) groups excluding carboxylic acids is 1. The lowest BCUT2D eigenvalue weighted by Gasteiger charge is -2.13. The van der Waals surface area contributed by atoms with Gasteiger partial charge in [0.05, 0.1) is 5.57 Å². The zero-order chi connectivity index (χ0) is 22.8. The van der Waals surface area contributed by atoms with Crippen molar-refractivity contribution >= 4 is 40.0 Å². The summed E-state index contributed by atoms with van der Waals surface area (Å²) in [7, 11) is 0. The zero-order valence-electron chi connectivity index (χ0n) is 17.4. The number of amides is 1. The zero-order valence-corrected chi connectivity index (χ0v) is 17.4. The molecule has 162 valence electrons. The van der Waals surface area contributed by atoms with E-state index in [2.05, 4.69) is 5.32 Å². The van der Waals surface area contributed by atoms with Gasteiger partial charge in [-0.25, -0.2) is 4.79 Å². The molecule has 0 fully saturated rings. The summed E-state index contributed by atoms with van der Waals surface area (Å²) < 4.78 is 10.7. The van der Waals surface area contributed by atoms with Gasteiger partial charge in [-0.2, -0.15) is 0 Å². The second-order valence-corrected chi connectivity index (χ2v) is 7.50. The van der Waals surface area contributed by atoms with Gasteiger partial charge in [0.1, 0.15) is 0 Å². The minimum Gasteiger partial charge on any atom is -0.478 e. The van der Waals surface area contributed by atoms with Crippen LogP contribution in [0.3, 0.4) is 0 Å². The molecule has 0 unspecified atom stereocenters. The fraction of sp³-hybridized carbons (Fsp3) is 0.0370. The molecule has 1 heterocycles. The van der Waals surface area contributed by atoms with Crippen LogP contribution in [0.4, 0.5) is 5.69 Å². The summed E-state index contributed by atoms with van der Waals surface area (Å²) in [5.74, 6) is -0.368. The van der Waals surface area contributed by atoms with Crippen molar-refractivity contribution < 1.29 is 24.2 Å². The topological polar surface area (TPSA) is 84.9 Å². The largest absolute Gasteiger partial charge is 0.478 e. The predicted octanol–water partition coefficient (Wildman–Crippen LogP) is 5.45. The molecule has 1 aliphatic heterocycles. The minimum atomic E-state index is -1.14. The predicted molar refractivity (Wildman–Crippen MR) is 126 cm³/mol. The fourth-order valence-electron chi connectivity index (χ4n) is 3.86. The van der Waals surface area contributed by atoms with E-state index in [0.717, 1.165) is 10.8 Å². The number of benzene rings is 4. The molecule has 6 heteroatoms. The number of hydrogen-bond donors (Lipinski definition) is 2. The van der Waals surface area contributed by atoms with Crippen molar-refractivity contribution in [3.8, 4) is 11.5 Å². The summed E-state index contributed by atoms with van der Waals surface area (Å²) in [4.78, 5) is 25.4. The monoisotopic (exact) mass is 437 g/mol. The Labute approximate surface area is 189 Å². The Morgan fingerprint density at radius 3 is 2.39 bits per heavy atom. The van der Waals surface area contributed by atoms with E-state index in [9.17, 15) is 14.7 Å². The van der Waals surface area contributed by atoms with Gasteiger partial charge in [0.2, 0.25) is 6.79 Å². The molecule has 0 saturated heterocycles. The van der Waals surface area contributed by atoms with Gasteiger partial charge in [0.25, 0.3) is 5.91 Å². The van der Waals surface area contributed by atoms with Gasteiger partial charge in [-0.05, 0) is 41.3 Å². The van der Waals surface area contributed by atoms with Gasteiger partial charge in [-0.3, -0.25) is 4.79 Å².